The van der Waals surface area contributed by atoms with Crippen LogP contribution >= 0.6 is 0 Å². The molecule has 1 aromatic rings. The minimum atomic E-state index is -0.220. The first-order valence-electron chi connectivity index (χ1n) is 7.17. The Morgan fingerprint density at radius 2 is 2.30 bits per heavy atom. The standard InChI is InChI=1S/C15H23N3O2/c1-4-12-8-11(9-13(16-3)18-12)14(19)17-10-15(2)6-5-7-20-15/h8-9H,4-7,10H2,1-3H3,(H,16,18)(H,17,19). The molecular weight excluding hydrogens is 254 g/mol. The van der Waals surface area contributed by atoms with E-state index in [1.165, 1.54) is 0 Å². The van der Waals surface area contributed by atoms with Gasteiger partial charge in [0.1, 0.15) is 5.82 Å². The minimum Gasteiger partial charge on any atom is -0.373 e. The van der Waals surface area contributed by atoms with Crippen LogP contribution in [0.2, 0.25) is 0 Å². The third kappa shape index (κ3) is 3.48. The molecule has 1 atom stereocenters. The monoisotopic (exact) mass is 277 g/mol. The summed E-state index contributed by atoms with van der Waals surface area (Å²) in [5.41, 5.74) is 1.33. The van der Waals surface area contributed by atoms with Gasteiger partial charge in [0.25, 0.3) is 5.91 Å². The second kappa shape index (κ2) is 6.22. The molecule has 2 rings (SSSR count). The summed E-state index contributed by atoms with van der Waals surface area (Å²) in [5.74, 6) is 0.646. The molecule has 0 aromatic carbocycles. The van der Waals surface area contributed by atoms with Gasteiger partial charge in [-0.15, -0.1) is 0 Å². The fourth-order valence-corrected chi connectivity index (χ4v) is 2.37. The smallest absolute Gasteiger partial charge is 0.251 e. The van der Waals surface area contributed by atoms with Crippen LogP contribution in [0.1, 0.15) is 42.7 Å². The van der Waals surface area contributed by atoms with E-state index in [4.69, 9.17) is 4.74 Å². The van der Waals surface area contributed by atoms with Gasteiger partial charge in [-0.25, -0.2) is 4.98 Å². The molecule has 20 heavy (non-hydrogen) atoms. The van der Waals surface area contributed by atoms with Crippen molar-refractivity contribution in [2.24, 2.45) is 0 Å². The first-order chi connectivity index (χ1) is 9.56. The average molecular weight is 277 g/mol. The molecule has 2 heterocycles. The Hall–Kier alpha value is -1.62. The Bertz CT molecular complexity index is 460. The van der Waals surface area contributed by atoms with Crippen LogP contribution in [0.4, 0.5) is 5.82 Å². The summed E-state index contributed by atoms with van der Waals surface area (Å²) in [5, 5.41) is 5.95. The predicted molar refractivity (Wildman–Crippen MR) is 79.1 cm³/mol. The van der Waals surface area contributed by atoms with Crippen molar-refractivity contribution in [1.29, 1.82) is 0 Å². The van der Waals surface area contributed by atoms with Crippen molar-refractivity contribution < 1.29 is 9.53 Å². The van der Waals surface area contributed by atoms with Gasteiger partial charge in [-0.3, -0.25) is 4.79 Å². The molecule has 5 heteroatoms. The number of aryl methyl sites for hydroxylation is 1. The molecule has 1 saturated heterocycles. The molecule has 1 unspecified atom stereocenters. The van der Waals surface area contributed by atoms with Gasteiger partial charge in [0.15, 0.2) is 0 Å². The van der Waals surface area contributed by atoms with E-state index >= 15 is 0 Å². The lowest BCUT2D eigenvalue weighted by Crippen LogP contribution is -2.40. The second-order valence-electron chi connectivity index (χ2n) is 5.42. The molecule has 0 bridgehead atoms. The third-order valence-electron chi connectivity index (χ3n) is 3.68. The van der Waals surface area contributed by atoms with Gasteiger partial charge in [0.2, 0.25) is 0 Å². The van der Waals surface area contributed by atoms with Gasteiger partial charge in [0, 0.05) is 31.5 Å². The molecule has 1 aliphatic heterocycles. The predicted octanol–water partition coefficient (Wildman–Crippen LogP) is 1.98. The molecular formula is C15H23N3O2. The summed E-state index contributed by atoms with van der Waals surface area (Å²) in [4.78, 5) is 16.6. The zero-order valence-electron chi connectivity index (χ0n) is 12.5. The van der Waals surface area contributed by atoms with E-state index in [1.807, 2.05) is 19.9 Å². The number of nitrogens with one attached hydrogen (secondary N) is 2. The van der Waals surface area contributed by atoms with E-state index in [2.05, 4.69) is 15.6 Å². The molecule has 1 aliphatic rings. The van der Waals surface area contributed by atoms with Crippen LogP contribution in [-0.2, 0) is 11.2 Å². The van der Waals surface area contributed by atoms with Crippen molar-refractivity contribution in [3.05, 3.63) is 23.4 Å². The molecule has 0 aliphatic carbocycles. The zero-order valence-corrected chi connectivity index (χ0v) is 12.5. The van der Waals surface area contributed by atoms with Crippen LogP contribution < -0.4 is 10.6 Å². The van der Waals surface area contributed by atoms with Gasteiger partial charge in [-0.1, -0.05) is 6.92 Å². The summed E-state index contributed by atoms with van der Waals surface area (Å²) in [7, 11) is 1.80. The number of nitrogens with zero attached hydrogens (tertiary/aromatic N) is 1. The molecule has 1 amide bonds. The molecule has 0 saturated carbocycles. The number of carbonyl (C=O) groups is 1. The minimum absolute atomic E-state index is 0.0738. The van der Waals surface area contributed by atoms with Gasteiger partial charge < -0.3 is 15.4 Å². The molecule has 0 spiro atoms. The summed E-state index contributed by atoms with van der Waals surface area (Å²) in [6.07, 6.45) is 2.85. The highest BCUT2D eigenvalue weighted by molar-refractivity contribution is 5.95. The van der Waals surface area contributed by atoms with Crippen LogP contribution in [0, 0.1) is 0 Å². The van der Waals surface area contributed by atoms with E-state index in [9.17, 15) is 4.79 Å². The van der Waals surface area contributed by atoms with Crippen LogP contribution in [-0.4, -0.2) is 36.7 Å². The maximum absolute atomic E-state index is 12.3. The molecule has 5 nitrogen and oxygen atoms in total. The first kappa shape index (κ1) is 14.8. The maximum Gasteiger partial charge on any atom is 0.251 e. The SMILES string of the molecule is CCc1cc(C(=O)NCC2(C)CCCO2)cc(NC)n1. The van der Waals surface area contributed by atoms with Crippen LogP contribution in [0.25, 0.3) is 0 Å². The van der Waals surface area contributed by atoms with E-state index in [0.717, 1.165) is 37.4 Å². The Labute approximate surface area is 120 Å². The molecule has 1 fully saturated rings. The quantitative estimate of drug-likeness (QED) is 0.864. The largest absolute Gasteiger partial charge is 0.373 e. The Morgan fingerprint density at radius 1 is 1.50 bits per heavy atom. The highest BCUT2D eigenvalue weighted by Crippen LogP contribution is 2.24. The van der Waals surface area contributed by atoms with E-state index < -0.39 is 0 Å². The lowest BCUT2D eigenvalue weighted by Gasteiger charge is -2.23. The molecule has 0 radical (unpaired) electrons. The van der Waals surface area contributed by atoms with Crippen molar-refractivity contribution in [2.45, 2.75) is 38.7 Å². The van der Waals surface area contributed by atoms with Crippen molar-refractivity contribution in [3.8, 4) is 0 Å². The number of pyridine rings is 1. The molecule has 110 valence electrons. The van der Waals surface area contributed by atoms with E-state index in [1.54, 1.807) is 13.1 Å². The number of aromatic nitrogens is 1. The number of rotatable bonds is 5. The Balaban J connectivity index is 2.04. The van der Waals surface area contributed by atoms with Gasteiger partial charge in [-0.05, 0) is 38.3 Å². The number of carbonyl (C=O) groups excluding carboxylic acids is 1. The number of ether oxygens (including phenoxy) is 1. The van der Waals surface area contributed by atoms with E-state index in [0.29, 0.717) is 12.1 Å². The maximum atomic E-state index is 12.3. The van der Waals surface area contributed by atoms with Crippen LogP contribution in [0.5, 0.6) is 0 Å². The Morgan fingerprint density at radius 3 is 2.90 bits per heavy atom. The van der Waals surface area contributed by atoms with Crippen LogP contribution in [0.15, 0.2) is 12.1 Å². The van der Waals surface area contributed by atoms with Crippen molar-refractivity contribution >= 4 is 11.7 Å². The van der Waals surface area contributed by atoms with Gasteiger partial charge in [-0.2, -0.15) is 0 Å². The highest BCUT2D eigenvalue weighted by atomic mass is 16.5. The third-order valence-corrected chi connectivity index (χ3v) is 3.68. The lowest BCUT2D eigenvalue weighted by molar-refractivity contribution is 0.0206. The normalized spacial score (nSPS) is 21.8. The highest BCUT2D eigenvalue weighted by Gasteiger charge is 2.30. The van der Waals surface area contributed by atoms with Crippen molar-refractivity contribution in [3.63, 3.8) is 0 Å². The average Bonchev–Trinajstić information content (AvgIpc) is 2.91. The fraction of sp³-hybridized carbons (Fsp3) is 0.600. The zero-order chi connectivity index (χ0) is 14.6. The summed E-state index contributed by atoms with van der Waals surface area (Å²) in [6, 6.07) is 3.61. The number of hydrogen-bond donors (Lipinski definition) is 2. The number of anilines is 1. The fourth-order valence-electron chi connectivity index (χ4n) is 2.37. The summed E-state index contributed by atoms with van der Waals surface area (Å²) in [6.45, 7) is 5.40. The topological polar surface area (TPSA) is 63.2 Å². The molecule has 2 N–H and O–H groups in total. The second-order valence-corrected chi connectivity index (χ2v) is 5.42. The summed E-state index contributed by atoms with van der Waals surface area (Å²) < 4.78 is 5.68. The lowest BCUT2D eigenvalue weighted by atomic mass is 10.0. The molecule has 1 aromatic heterocycles. The van der Waals surface area contributed by atoms with Gasteiger partial charge >= 0.3 is 0 Å². The van der Waals surface area contributed by atoms with Crippen molar-refractivity contribution in [2.75, 3.05) is 25.5 Å². The van der Waals surface area contributed by atoms with Gasteiger partial charge in [0.05, 0.1) is 5.60 Å². The number of hydrogen-bond acceptors (Lipinski definition) is 4. The van der Waals surface area contributed by atoms with E-state index in [-0.39, 0.29) is 11.5 Å². The number of amides is 1. The first-order valence-corrected chi connectivity index (χ1v) is 7.17. The van der Waals surface area contributed by atoms with Crippen LogP contribution in [0.3, 0.4) is 0 Å². The Kier molecular flexibility index (Phi) is 4.60. The van der Waals surface area contributed by atoms with Crippen molar-refractivity contribution in [1.82, 2.24) is 10.3 Å². The summed E-state index contributed by atoms with van der Waals surface area (Å²) >= 11 is 0.